The Bertz CT molecular complexity index is 536. The Hall–Kier alpha value is -2.26. The van der Waals surface area contributed by atoms with E-state index in [1.807, 2.05) is 6.92 Å². The van der Waals surface area contributed by atoms with Crippen molar-refractivity contribution >= 4 is 23.5 Å². The number of imide groups is 1. The van der Waals surface area contributed by atoms with Crippen molar-refractivity contribution in [2.75, 3.05) is 17.3 Å². The van der Waals surface area contributed by atoms with Crippen LogP contribution in [0.2, 0.25) is 0 Å². The summed E-state index contributed by atoms with van der Waals surface area (Å²) in [4.78, 5) is 31.2. The van der Waals surface area contributed by atoms with Gasteiger partial charge in [0.25, 0.3) is 0 Å². The van der Waals surface area contributed by atoms with E-state index in [0.717, 1.165) is 0 Å². The van der Waals surface area contributed by atoms with Crippen molar-refractivity contribution in [2.24, 2.45) is 5.84 Å². The van der Waals surface area contributed by atoms with Crippen LogP contribution in [0.5, 0.6) is 0 Å². The third-order valence-corrected chi connectivity index (χ3v) is 2.92. The number of nitrogens with two attached hydrogens (primary N) is 1. The first kappa shape index (κ1) is 15.1. The van der Waals surface area contributed by atoms with Gasteiger partial charge in [-0.25, -0.2) is 15.8 Å². The maximum atomic E-state index is 11.7. The number of nitrogens with one attached hydrogen (secondary N) is 3. The monoisotopic (exact) mass is 294 g/mol. The molecule has 1 fully saturated rings. The van der Waals surface area contributed by atoms with Gasteiger partial charge in [0.2, 0.25) is 11.8 Å². The Kier molecular flexibility index (Phi) is 5.01. The average Bonchev–Trinajstić information content (AvgIpc) is 2.48. The van der Waals surface area contributed by atoms with Crippen molar-refractivity contribution in [2.45, 2.75) is 32.4 Å². The van der Waals surface area contributed by atoms with E-state index in [-0.39, 0.29) is 18.4 Å². The molecule has 9 nitrogen and oxygen atoms in total. The molecule has 2 rings (SSSR count). The molecule has 1 aliphatic rings. The number of anilines is 2. The van der Waals surface area contributed by atoms with Crippen LogP contribution < -0.4 is 21.9 Å². The van der Waals surface area contributed by atoms with E-state index in [1.165, 1.54) is 0 Å². The average molecular weight is 294 g/mol. The molecule has 1 aliphatic heterocycles. The van der Waals surface area contributed by atoms with Crippen LogP contribution in [0.1, 0.15) is 25.6 Å². The topological polar surface area (TPSA) is 131 Å². The molecule has 0 aliphatic carbocycles. The van der Waals surface area contributed by atoms with Crippen LogP contribution in [0.25, 0.3) is 0 Å². The summed E-state index contributed by atoms with van der Waals surface area (Å²) < 4.78 is 5.25. The number of carbonyl (C=O) groups is 2. The Morgan fingerprint density at radius 1 is 1.43 bits per heavy atom. The summed E-state index contributed by atoms with van der Waals surface area (Å²) in [5.41, 5.74) is 2.44. The van der Waals surface area contributed by atoms with E-state index in [1.54, 1.807) is 6.07 Å². The normalized spacial score (nSPS) is 18.3. The van der Waals surface area contributed by atoms with Gasteiger partial charge >= 0.3 is 0 Å². The second-order valence-corrected chi connectivity index (χ2v) is 4.48. The molecule has 21 heavy (non-hydrogen) atoms. The lowest BCUT2D eigenvalue weighted by atomic mass is 10.1. The van der Waals surface area contributed by atoms with Crippen molar-refractivity contribution in [1.82, 2.24) is 15.3 Å². The summed E-state index contributed by atoms with van der Waals surface area (Å²) in [6.45, 7) is 2.66. The molecule has 1 aromatic rings. The first-order chi connectivity index (χ1) is 10.1. The van der Waals surface area contributed by atoms with Gasteiger partial charge in [-0.2, -0.15) is 0 Å². The second kappa shape index (κ2) is 6.95. The first-order valence-electron chi connectivity index (χ1n) is 6.65. The Morgan fingerprint density at radius 3 is 2.86 bits per heavy atom. The number of hydrogen-bond donors (Lipinski definition) is 4. The highest BCUT2D eigenvalue weighted by Gasteiger charge is 2.26. The number of piperidine rings is 1. The highest BCUT2D eigenvalue weighted by molar-refractivity contribution is 6.01. The molecule has 0 saturated carbocycles. The number of carbonyl (C=O) groups excluding carboxylic acids is 2. The highest BCUT2D eigenvalue weighted by Crippen LogP contribution is 2.15. The summed E-state index contributed by atoms with van der Waals surface area (Å²) in [6, 6.07) is 1.07. The van der Waals surface area contributed by atoms with E-state index in [9.17, 15) is 9.59 Å². The standard InChI is InChI=1S/C12H18N6O3/c1-2-21-6-10-15-8(5-9(16-10)18-13)14-7-3-4-11(19)17-12(7)20/h5,7H,2-4,6,13H2,1H3,(H,17,19,20)(H2,14,15,16,18). The molecule has 1 unspecified atom stereocenters. The van der Waals surface area contributed by atoms with E-state index < -0.39 is 6.04 Å². The molecule has 9 heteroatoms. The third kappa shape index (κ3) is 4.10. The fourth-order valence-electron chi connectivity index (χ4n) is 1.91. The van der Waals surface area contributed by atoms with Crippen LogP contribution in [-0.4, -0.2) is 34.4 Å². The highest BCUT2D eigenvalue weighted by atomic mass is 16.5. The molecule has 1 aromatic heterocycles. The molecule has 0 bridgehead atoms. The lowest BCUT2D eigenvalue weighted by molar-refractivity contribution is -0.133. The van der Waals surface area contributed by atoms with Gasteiger partial charge < -0.3 is 15.5 Å². The number of nitrogen functional groups attached to an aromatic ring is 1. The van der Waals surface area contributed by atoms with Gasteiger partial charge in [-0.1, -0.05) is 0 Å². The zero-order valence-electron chi connectivity index (χ0n) is 11.7. The molecule has 2 amide bonds. The van der Waals surface area contributed by atoms with E-state index in [4.69, 9.17) is 10.6 Å². The largest absolute Gasteiger partial charge is 0.374 e. The van der Waals surface area contributed by atoms with Gasteiger partial charge in [0, 0.05) is 19.1 Å². The first-order valence-corrected chi connectivity index (χ1v) is 6.65. The maximum Gasteiger partial charge on any atom is 0.249 e. The van der Waals surface area contributed by atoms with Crippen LogP contribution >= 0.6 is 0 Å². The number of nitrogens with zero attached hydrogens (tertiary/aromatic N) is 2. The van der Waals surface area contributed by atoms with E-state index >= 15 is 0 Å². The molecule has 114 valence electrons. The fraction of sp³-hybridized carbons (Fsp3) is 0.500. The zero-order chi connectivity index (χ0) is 15.2. The smallest absolute Gasteiger partial charge is 0.249 e. The van der Waals surface area contributed by atoms with Gasteiger partial charge in [-0.3, -0.25) is 14.9 Å². The molecule has 0 radical (unpaired) electrons. The molecular weight excluding hydrogens is 276 g/mol. The van der Waals surface area contributed by atoms with Gasteiger partial charge in [0.05, 0.1) is 0 Å². The van der Waals surface area contributed by atoms with Crippen molar-refractivity contribution in [3.63, 3.8) is 0 Å². The summed E-state index contributed by atoms with van der Waals surface area (Å²) in [7, 11) is 0. The van der Waals surface area contributed by atoms with Crippen molar-refractivity contribution in [3.05, 3.63) is 11.9 Å². The maximum absolute atomic E-state index is 11.7. The molecule has 2 heterocycles. The summed E-state index contributed by atoms with van der Waals surface area (Å²) in [5, 5.41) is 5.25. The summed E-state index contributed by atoms with van der Waals surface area (Å²) in [5.74, 6) is 6.04. The number of hydrogen-bond acceptors (Lipinski definition) is 8. The Balaban J connectivity index is 2.11. The fourth-order valence-corrected chi connectivity index (χ4v) is 1.91. The van der Waals surface area contributed by atoms with Crippen LogP contribution in [-0.2, 0) is 20.9 Å². The Morgan fingerprint density at radius 2 is 2.19 bits per heavy atom. The minimum Gasteiger partial charge on any atom is -0.374 e. The molecular formula is C12H18N6O3. The molecule has 0 spiro atoms. The minimum atomic E-state index is -0.511. The number of rotatable bonds is 6. The lowest BCUT2D eigenvalue weighted by Crippen LogP contribution is -2.47. The van der Waals surface area contributed by atoms with Crippen LogP contribution in [0, 0.1) is 0 Å². The van der Waals surface area contributed by atoms with Gasteiger partial charge in [0.15, 0.2) is 5.82 Å². The quantitative estimate of drug-likeness (QED) is 0.314. The van der Waals surface area contributed by atoms with Gasteiger partial charge in [-0.15, -0.1) is 0 Å². The van der Waals surface area contributed by atoms with Crippen LogP contribution in [0.4, 0.5) is 11.6 Å². The predicted molar refractivity (Wildman–Crippen MR) is 75.0 cm³/mol. The van der Waals surface area contributed by atoms with Crippen molar-refractivity contribution in [3.8, 4) is 0 Å². The summed E-state index contributed by atoms with van der Waals surface area (Å²) in [6.07, 6.45) is 0.711. The van der Waals surface area contributed by atoms with Gasteiger partial charge in [0.1, 0.15) is 24.3 Å². The predicted octanol–water partition coefficient (Wildman–Crippen LogP) is -0.484. The van der Waals surface area contributed by atoms with E-state index in [0.29, 0.717) is 36.9 Å². The van der Waals surface area contributed by atoms with Crippen LogP contribution in [0.15, 0.2) is 6.07 Å². The Labute approximate surface area is 121 Å². The molecule has 1 saturated heterocycles. The second-order valence-electron chi connectivity index (χ2n) is 4.48. The number of hydrazine groups is 1. The lowest BCUT2D eigenvalue weighted by Gasteiger charge is -2.22. The summed E-state index contributed by atoms with van der Waals surface area (Å²) >= 11 is 0. The third-order valence-electron chi connectivity index (χ3n) is 2.92. The van der Waals surface area contributed by atoms with Crippen molar-refractivity contribution < 1.29 is 14.3 Å². The zero-order valence-corrected chi connectivity index (χ0v) is 11.7. The van der Waals surface area contributed by atoms with Gasteiger partial charge in [-0.05, 0) is 13.3 Å². The SMILES string of the molecule is CCOCc1nc(NN)cc(NC2CCC(=O)NC2=O)n1. The molecule has 1 atom stereocenters. The van der Waals surface area contributed by atoms with E-state index in [2.05, 4.69) is 26.0 Å². The van der Waals surface area contributed by atoms with Crippen molar-refractivity contribution in [1.29, 1.82) is 0 Å². The molecule has 5 N–H and O–H groups in total. The van der Waals surface area contributed by atoms with Crippen LogP contribution in [0.3, 0.4) is 0 Å². The number of ether oxygens (including phenoxy) is 1. The number of amides is 2. The number of aromatic nitrogens is 2. The molecule has 0 aromatic carbocycles. The minimum absolute atomic E-state index is 0.246.